The van der Waals surface area contributed by atoms with Crippen LogP contribution in [-0.2, 0) is 27.8 Å². The van der Waals surface area contributed by atoms with E-state index in [0.717, 1.165) is 82.7 Å². The highest BCUT2D eigenvalue weighted by Crippen LogP contribution is 2.46. The van der Waals surface area contributed by atoms with Crippen LogP contribution in [-0.4, -0.2) is 24.1 Å². The summed E-state index contributed by atoms with van der Waals surface area (Å²) in [5.41, 5.74) is 11.8. The summed E-state index contributed by atoms with van der Waals surface area (Å²) in [6, 6.07) is 56.5. The molecule has 0 atom stereocenters. The summed E-state index contributed by atoms with van der Waals surface area (Å²) in [5.74, 6) is 1.51. The van der Waals surface area contributed by atoms with Gasteiger partial charge in [-0.3, -0.25) is 0 Å². The zero-order chi connectivity index (χ0) is 53.9. The Morgan fingerprint density at radius 1 is 0.303 bits per heavy atom. The summed E-state index contributed by atoms with van der Waals surface area (Å²) in [7, 11) is 0. The molecule has 0 spiro atoms. The molecule has 76 heavy (non-hydrogen) atoms. The van der Waals surface area contributed by atoms with Gasteiger partial charge < -0.3 is 9.13 Å². The van der Waals surface area contributed by atoms with Crippen molar-refractivity contribution < 1.29 is 13.2 Å². The van der Waals surface area contributed by atoms with Crippen LogP contribution in [0, 0.1) is 0 Å². The van der Waals surface area contributed by atoms with Gasteiger partial charge in [-0.15, -0.1) is 0 Å². The van der Waals surface area contributed by atoms with Crippen molar-refractivity contribution in [1.29, 1.82) is 0 Å². The quantitative estimate of drug-likeness (QED) is 0.167. The largest absolute Gasteiger partial charge is 0.416 e. The van der Waals surface area contributed by atoms with E-state index in [1.165, 1.54) is 23.3 Å². The van der Waals surface area contributed by atoms with Crippen LogP contribution in [0.1, 0.15) is 111 Å². The zero-order valence-corrected chi connectivity index (χ0v) is 45.5. The minimum atomic E-state index is -4.62. The molecule has 0 unspecified atom stereocenters. The highest BCUT2D eigenvalue weighted by atomic mass is 19.4. The molecule has 0 radical (unpaired) electrons. The van der Waals surface area contributed by atoms with Crippen molar-refractivity contribution in [2.45, 2.75) is 111 Å². The molecule has 8 aromatic carbocycles. The lowest BCUT2D eigenvalue weighted by Crippen LogP contribution is -2.11. The van der Waals surface area contributed by atoms with Gasteiger partial charge >= 0.3 is 6.18 Å². The molecule has 0 fully saturated rings. The third-order valence-corrected chi connectivity index (χ3v) is 15.0. The number of nitrogens with zero attached hydrogens (tertiary/aromatic N) is 5. The Kier molecular flexibility index (Phi) is 11.9. The maximum Gasteiger partial charge on any atom is 0.416 e. The first-order chi connectivity index (χ1) is 35.8. The van der Waals surface area contributed by atoms with Crippen LogP contribution in [0.4, 0.5) is 13.2 Å². The van der Waals surface area contributed by atoms with Crippen molar-refractivity contribution in [2.75, 3.05) is 0 Å². The van der Waals surface area contributed by atoms with Gasteiger partial charge in [0.2, 0.25) is 0 Å². The summed E-state index contributed by atoms with van der Waals surface area (Å²) in [5, 5.41) is 4.14. The minimum absolute atomic E-state index is 0.139. The lowest BCUT2D eigenvalue weighted by atomic mass is 9.85. The normalized spacial score (nSPS) is 12.9. The molecule has 0 N–H and O–H groups in total. The second-order valence-electron chi connectivity index (χ2n) is 24.6. The van der Waals surface area contributed by atoms with Crippen molar-refractivity contribution in [3.63, 3.8) is 0 Å². The van der Waals surface area contributed by atoms with E-state index in [4.69, 9.17) is 15.0 Å². The summed E-state index contributed by atoms with van der Waals surface area (Å²) < 4.78 is 50.4. The van der Waals surface area contributed by atoms with Crippen molar-refractivity contribution in [3.05, 3.63) is 198 Å². The third-order valence-electron chi connectivity index (χ3n) is 15.0. The number of alkyl halides is 3. The number of hydrogen-bond donors (Lipinski definition) is 0. The van der Waals surface area contributed by atoms with Crippen LogP contribution < -0.4 is 0 Å². The second-order valence-corrected chi connectivity index (χ2v) is 24.6. The Bertz CT molecular complexity index is 3860. The van der Waals surface area contributed by atoms with Crippen molar-refractivity contribution in [2.24, 2.45) is 0 Å². The van der Waals surface area contributed by atoms with Crippen LogP contribution in [0.25, 0.3) is 100 Å². The number of benzene rings is 8. The fourth-order valence-corrected chi connectivity index (χ4v) is 10.6. The maximum atomic E-state index is 15.3. The standard InChI is InChI=1S/C68H64F3N5/c1-64(2,3)44-25-31-55-51(36-44)52-37-45(65(4,5)6)26-32-56(52)75(55)59-35-43(63-73-61(41-19-15-13-16-20-41)72-62(74-63)42-21-17-14-18-22-42)23-29-49(59)50-30-24-48(68(69,70)71)40-60(50)76-57-33-27-46(66(7,8)9)38-53(57)54-39-47(67(10,11)12)28-34-58(54)76/h13-40H,1-12H3. The third kappa shape index (κ3) is 9.05. The summed E-state index contributed by atoms with van der Waals surface area (Å²) >= 11 is 0. The SMILES string of the molecule is CC(C)(C)c1ccc2c(c1)c1cc(C(C)(C)C)ccc1n2-c1cc(-c2nc(-c3ccccc3)nc(-c3ccccc3)n2)ccc1-c1ccc(C(F)(F)F)cc1-n1c2ccc(C(C)(C)C)cc2c2cc(C(C)(C)C)ccc21. The van der Waals surface area contributed by atoms with Gasteiger partial charge in [0.1, 0.15) is 0 Å². The first-order valence-electron chi connectivity index (χ1n) is 26.2. The van der Waals surface area contributed by atoms with Crippen molar-refractivity contribution >= 4 is 43.6 Å². The number of aromatic nitrogens is 5. The molecule has 5 nitrogen and oxygen atoms in total. The van der Waals surface area contributed by atoms with Gasteiger partial charge in [0, 0.05) is 49.4 Å². The fourth-order valence-electron chi connectivity index (χ4n) is 10.6. The van der Waals surface area contributed by atoms with Gasteiger partial charge in [-0.05, 0) is 111 Å². The number of halogens is 3. The first-order valence-corrected chi connectivity index (χ1v) is 26.2. The summed E-state index contributed by atoms with van der Waals surface area (Å²) in [6.45, 7) is 26.5. The predicted octanol–water partition coefficient (Wildman–Crippen LogP) is 18.9. The Hall–Kier alpha value is -7.84. The Labute approximate surface area is 444 Å². The topological polar surface area (TPSA) is 48.5 Å². The van der Waals surface area contributed by atoms with Crippen molar-refractivity contribution in [1.82, 2.24) is 24.1 Å². The fraction of sp³-hybridized carbons (Fsp3) is 0.250. The van der Waals surface area contributed by atoms with Gasteiger partial charge in [0.15, 0.2) is 17.5 Å². The molecule has 11 aromatic rings. The predicted molar refractivity (Wildman–Crippen MR) is 310 cm³/mol. The first kappa shape index (κ1) is 50.3. The Morgan fingerprint density at radius 2 is 0.605 bits per heavy atom. The van der Waals surface area contributed by atoms with Gasteiger partial charge in [0.05, 0.1) is 39.0 Å². The summed E-state index contributed by atoms with van der Waals surface area (Å²) in [6.07, 6.45) is -4.62. The van der Waals surface area contributed by atoms with Crippen LogP contribution in [0.2, 0.25) is 0 Å². The molecule has 0 saturated carbocycles. The van der Waals surface area contributed by atoms with E-state index < -0.39 is 11.7 Å². The van der Waals surface area contributed by atoms with Crippen LogP contribution in [0.3, 0.4) is 0 Å². The number of fused-ring (bicyclic) bond motifs is 6. The molecule has 3 aromatic heterocycles. The van der Waals surface area contributed by atoms with E-state index >= 15 is 13.2 Å². The van der Waals surface area contributed by atoms with E-state index in [2.05, 4.69) is 167 Å². The molecular formula is C68H64F3N5. The molecule has 11 rings (SSSR count). The number of rotatable bonds is 6. The lowest BCUT2D eigenvalue weighted by molar-refractivity contribution is -0.137. The van der Waals surface area contributed by atoms with Gasteiger partial charge in [-0.1, -0.05) is 186 Å². The van der Waals surface area contributed by atoms with E-state index in [-0.39, 0.29) is 21.7 Å². The highest BCUT2D eigenvalue weighted by molar-refractivity contribution is 6.12. The molecule has 8 heteroatoms. The van der Waals surface area contributed by atoms with E-state index in [1.54, 1.807) is 6.07 Å². The molecule has 0 amide bonds. The monoisotopic (exact) mass is 1010 g/mol. The molecule has 0 saturated heterocycles. The minimum Gasteiger partial charge on any atom is -0.309 e. The average molecular weight is 1010 g/mol. The Morgan fingerprint density at radius 3 is 0.934 bits per heavy atom. The number of hydrogen-bond acceptors (Lipinski definition) is 3. The van der Waals surface area contributed by atoms with Crippen LogP contribution in [0.5, 0.6) is 0 Å². The molecule has 3 heterocycles. The molecular weight excluding hydrogens is 944 g/mol. The van der Waals surface area contributed by atoms with E-state index in [0.29, 0.717) is 28.7 Å². The van der Waals surface area contributed by atoms with E-state index in [9.17, 15) is 0 Å². The molecule has 382 valence electrons. The van der Waals surface area contributed by atoms with E-state index in [1.807, 2.05) is 77.4 Å². The molecule has 0 aliphatic rings. The Balaban J connectivity index is 1.28. The molecule has 0 bridgehead atoms. The van der Waals surface area contributed by atoms with Gasteiger partial charge in [-0.2, -0.15) is 13.2 Å². The molecule has 0 aliphatic carbocycles. The maximum absolute atomic E-state index is 15.3. The van der Waals surface area contributed by atoms with Gasteiger partial charge in [0.25, 0.3) is 0 Å². The van der Waals surface area contributed by atoms with Crippen LogP contribution in [0.15, 0.2) is 170 Å². The van der Waals surface area contributed by atoms with Gasteiger partial charge in [-0.25, -0.2) is 15.0 Å². The second kappa shape index (κ2) is 17.9. The average Bonchev–Trinajstić information content (AvgIpc) is 3.90. The highest BCUT2D eigenvalue weighted by Gasteiger charge is 2.33. The van der Waals surface area contributed by atoms with Crippen LogP contribution >= 0.6 is 0 Å². The lowest BCUT2D eigenvalue weighted by Gasteiger charge is -2.22. The summed E-state index contributed by atoms with van der Waals surface area (Å²) in [4.78, 5) is 15.4. The smallest absolute Gasteiger partial charge is 0.309 e. The zero-order valence-electron chi connectivity index (χ0n) is 45.5. The van der Waals surface area contributed by atoms with Crippen molar-refractivity contribution in [3.8, 4) is 56.7 Å². The molecule has 0 aliphatic heterocycles.